The first-order valence-corrected chi connectivity index (χ1v) is 5.28. The van der Waals surface area contributed by atoms with Gasteiger partial charge in [-0.05, 0) is 25.2 Å². The molecule has 1 atom stereocenters. The molecule has 0 aromatic carbocycles. The summed E-state index contributed by atoms with van der Waals surface area (Å²) in [4.78, 5) is 11.3. The second-order valence-electron chi connectivity index (χ2n) is 3.95. The van der Waals surface area contributed by atoms with E-state index >= 15 is 0 Å². The highest BCUT2D eigenvalue weighted by Gasteiger charge is 2.16. The summed E-state index contributed by atoms with van der Waals surface area (Å²) >= 11 is 0. The highest BCUT2D eigenvalue weighted by atomic mass is 16.1. The molecule has 0 radical (unpaired) electrons. The molecule has 1 unspecified atom stereocenters. The Hall–Kier alpha value is -0.770. The van der Waals surface area contributed by atoms with Crippen LogP contribution in [0.3, 0.4) is 0 Å². The van der Waals surface area contributed by atoms with E-state index < -0.39 is 0 Å². The van der Waals surface area contributed by atoms with Gasteiger partial charge in [0.2, 0.25) is 0 Å². The summed E-state index contributed by atoms with van der Waals surface area (Å²) in [7, 11) is 0. The average Bonchev–Trinajstić information content (AvgIpc) is 2.31. The largest absolute Gasteiger partial charge is 0.300 e. The monoisotopic (exact) mass is 178 g/mol. The predicted octanol–water partition coefficient (Wildman–Crippen LogP) is 2.94. The van der Waals surface area contributed by atoms with E-state index in [4.69, 9.17) is 6.42 Å². The summed E-state index contributed by atoms with van der Waals surface area (Å²) in [6.07, 6.45) is 13.5. The maximum atomic E-state index is 11.3. The van der Waals surface area contributed by atoms with Crippen LogP contribution in [0.5, 0.6) is 0 Å². The molecule has 13 heavy (non-hydrogen) atoms. The molecule has 1 fully saturated rings. The SMILES string of the molecule is C#CCCCC1CCCCC(=O)C1. The lowest BCUT2D eigenvalue weighted by atomic mass is 9.94. The van der Waals surface area contributed by atoms with Crippen LogP contribution in [-0.4, -0.2) is 5.78 Å². The molecule has 1 aliphatic rings. The molecule has 72 valence electrons. The standard InChI is InChI=1S/C12H18O/c1-2-3-4-7-11-8-5-6-9-12(13)10-11/h1,11H,3-10H2. The third-order valence-corrected chi connectivity index (χ3v) is 2.77. The van der Waals surface area contributed by atoms with E-state index in [2.05, 4.69) is 5.92 Å². The van der Waals surface area contributed by atoms with Crippen molar-refractivity contribution in [3.8, 4) is 12.3 Å². The number of ketones is 1. The van der Waals surface area contributed by atoms with Crippen molar-refractivity contribution in [3.05, 3.63) is 0 Å². The van der Waals surface area contributed by atoms with E-state index in [1.54, 1.807) is 0 Å². The van der Waals surface area contributed by atoms with Gasteiger partial charge in [-0.1, -0.05) is 12.8 Å². The van der Waals surface area contributed by atoms with Crippen LogP contribution < -0.4 is 0 Å². The summed E-state index contributed by atoms with van der Waals surface area (Å²) in [5.41, 5.74) is 0. The highest BCUT2D eigenvalue weighted by molar-refractivity contribution is 5.78. The van der Waals surface area contributed by atoms with Gasteiger partial charge in [0.15, 0.2) is 0 Å². The molecule has 0 bridgehead atoms. The fourth-order valence-electron chi connectivity index (χ4n) is 2.02. The number of rotatable bonds is 3. The molecule has 1 heteroatoms. The van der Waals surface area contributed by atoms with Gasteiger partial charge in [-0.2, -0.15) is 0 Å². The van der Waals surface area contributed by atoms with Gasteiger partial charge in [0, 0.05) is 19.3 Å². The minimum Gasteiger partial charge on any atom is -0.300 e. The normalized spacial score (nSPS) is 23.6. The fourth-order valence-corrected chi connectivity index (χ4v) is 2.02. The minimum absolute atomic E-state index is 0.461. The van der Waals surface area contributed by atoms with Gasteiger partial charge < -0.3 is 0 Å². The third kappa shape index (κ3) is 4.12. The van der Waals surface area contributed by atoms with E-state index in [9.17, 15) is 4.79 Å². The van der Waals surface area contributed by atoms with E-state index in [0.717, 1.165) is 38.5 Å². The van der Waals surface area contributed by atoms with E-state index in [-0.39, 0.29) is 0 Å². The van der Waals surface area contributed by atoms with E-state index in [0.29, 0.717) is 11.7 Å². The van der Waals surface area contributed by atoms with E-state index in [1.807, 2.05) is 0 Å². The number of unbranched alkanes of at least 4 members (excludes halogenated alkanes) is 1. The van der Waals surface area contributed by atoms with Crippen molar-refractivity contribution in [2.45, 2.75) is 51.4 Å². The molecule has 0 amide bonds. The lowest BCUT2D eigenvalue weighted by Crippen LogP contribution is -2.04. The van der Waals surface area contributed by atoms with E-state index in [1.165, 1.54) is 12.8 Å². The quantitative estimate of drug-likeness (QED) is 0.369. The first-order chi connectivity index (χ1) is 6.33. The third-order valence-electron chi connectivity index (χ3n) is 2.77. The average molecular weight is 178 g/mol. The summed E-state index contributed by atoms with van der Waals surface area (Å²) in [6.45, 7) is 0. The van der Waals surface area contributed by atoms with Gasteiger partial charge in [0.1, 0.15) is 5.78 Å². The molecule has 0 saturated heterocycles. The Balaban J connectivity index is 2.23. The Morgan fingerprint density at radius 1 is 1.46 bits per heavy atom. The maximum Gasteiger partial charge on any atom is 0.133 e. The van der Waals surface area contributed by atoms with Crippen molar-refractivity contribution in [1.82, 2.24) is 0 Å². The fraction of sp³-hybridized carbons (Fsp3) is 0.750. The van der Waals surface area contributed by atoms with Gasteiger partial charge in [0.05, 0.1) is 0 Å². The molecule has 1 saturated carbocycles. The second-order valence-corrected chi connectivity index (χ2v) is 3.95. The van der Waals surface area contributed by atoms with Gasteiger partial charge >= 0.3 is 0 Å². The Kier molecular flexibility index (Phi) is 4.60. The van der Waals surface area contributed by atoms with Crippen LogP contribution in [0.2, 0.25) is 0 Å². The smallest absolute Gasteiger partial charge is 0.133 e. The number of carbonyl (C=O) groups excluding carboxylic acids is 1. The Bertz CT molecular complexity index is 200. The Labute approximate surface area is 80.9 Å². The van der Waals surface area contributed by atoms with Crippen molar-refractivity contribution >= 4 is 5.78 Å². The minimum atomic E-state index is 0.461. The second kappa shape index (κ2) is 5.80. The summed E-state index contributed by atoms with van der Waals surface area (Å²) in [5, 5.41) is 0. The molecule has 0 N–H and O–H groups in total. The number of carbonyl (C=O) groups is 1. The van der Waals surface area contributed by atoms with Crippen molar-refractivity contribution in [1.29, 1.82) is 0 Å². The lowest BCUT2D eigenvalue weighted by Gasteiger charge is -2.11. The van der Waals surface area contributed by atoms with Gasteiger partial charge in [-0.25, -0.2) is 0 Å². The lowest BCUT2D eigenvalue weighted by molar-refractivity contribution is -0.119. The molecule has 0 spiro atoms. The topological polar surface area (TPSA) is 17.1 Å². The van der Waals surface area contributed by atoms with Crippen LogP contribution in [0.25, 0.3) is 0 Å². The molecule has 0 aliphatic heterocycles. The molecular formula is C12H18O. The Morgan fingerprint density at radius 3 is 3.08 bits per heavy atom. The molecule has 0 aromatic heterocycles. The first kappa shape index (κ1) is 10.3. The van der Waals surface area contributed by atoms with Crippen LogP contribution in [0.15, 0.2) is 0 Å². The van der Waals surface area contributed by atoms with Crippen molar-refractivity contribution < 1.29 is 4.79 Å². The molecule has 1 rings (SSSR count). The predicted molar refractivity (Wildman–Crippen MR) is 54.3 cm³/mol. The Morgan fingerprint density at radius 2 is 2.31 bits per heavy atom. The van der Waals surface area contributed by atoms with Crippen LogP contribution in [-0.2, 0) is 4.79 Å². The number of hydrogen-bond donors (Lipinski definition) is 0. The van der Waals surface area contributed by atoms with Gasteiger partial charge in [0.25, 0.3) is 0 Å². The van der Waals surface area contributed by atoms with Crippen molar-refractivity contribution in [2.24, 2.45) is 5.92 Å². The zero-order valence-corrected chi connectivity index (χ0v) is 8.22. The highest BCUT2D eigenvalue weighted by Crippen LogP contribution is 2.24. The number of terminal acetylenes is 1. The number of hydrogen-bond acceptors (Lipinski definition) is 1. The molecular weight excluding hydrogens is 160 g/mol. The van der Waals surface area contributed by atoms with Crippen LogP contribution >= 0.6 is 0 Å². The molecule has 1 aliphatic carbocycles. The van der Waals surface area contributed by atoms with Crippen LogP contribution in [0.1, 0.15) is 51.4 Å². The van der Waals surface area contributed by atoms with Crippen LogP contribution in [0.4, 0.5) is 0 Å². The van der Waals surface area contributed by atoms with Crippen LogP contribution in [0, 0.1) is 18.3 Å². The van der Waals surface area contributed by atoms with Crippen molar-refractivity contribution in [2.75, 3.05) is 0 Å². The summed E-state index contributed by atoms with van der Waals surface area (Å²) in [5.74, 6) is 3.74. The zero-order chi connectivity index (χ0) is 9.52. The van der Waals surface area contributed by atoms with Crippen molar-refractivity contribution in [3.63, 3.8) is 0 Å². The first-order valence-electron chi connectivity index (χ1n) is 5.28. The molecule has 0 heterocycles. The maximum absolute atomic E-state index is 11.3. The molecule has 0 aromatic rings. The molecule has 1 nitrogen and oxygen atoms in total. The summed E-state index contributed by atoms with van der Waals surface area (Å²) in [6, 6.07) is 0. The van der Waals surface area contributed by atoms with Gasteiger partial charge in [-0.15, -0.1) is 12.3 Å². The number of Topliss-reactive ketones (excluding diaryl/α,β-unsaturated/α-hetero) is 1. The summed E-state index contributed by atoms with van der Waals surface area (Å²) < 4.78 is 0. The van der Waals surface area contributed by atoms with Gasteiger partial charge in [-0.3, -0.25) is 4.79 Å². The zero-order valence-electron chi connectivity index (χ0n) is 8.22.